The molecule has 82 valence electrons. The van der Waals surface area contributed by atoms with Crippen LogP contribution in [0, 0.1) is 0 Å². The summed E-state index contributed by atoms with van der Waals surface area (Å²) in [6.45, 7) is 3.98. The number of carboxylic acids is 1. The monoisotopic (exact) mass is 208 g/mol. The molecule has 2 N–H and O–H groups in total. The Balaban J connectivity index is 2.76. The van der Waals surface area contributed by atoms with Crippen LogP contribution in [0.2, 0.25) is 0 Å². The van der Waals surface area contributed by atoms with Gasteiger partial charge in [-0.2, -0.15) is 0 Å². The van der Waals surface area contributed by atoms with Crippen LogP contribution in [0.1, 0.15) is 31.9 Å². The van der Waals surface area contributed by atoms with Gasteiger partial charge in [0, 0.05) is 24.5 Å². The molecule has 1 rings (SSSR count). The number of carboxylic acid groups (broad SMARTS) is 1. The summed E-state index contributed by atoms with van der Waals surface area (Å²) in [4.78, 5) is 14.7. The van der Waals surface area contributed by atoms with Crippen LogP contribution in [-0.2, 0) is 4.79 Å². The van der Waals surface area contributed by atoms with Crippen molar-refractivity contribution in [3.8, 4) is 0 Å². The fourth-order valence-electron chi connectivity index (χ4n) is 1.43. The summed E-state index contributed by atoms with van der Waals surface area (Å²) in [6, 6.07) is 3.77. The van der Waals surface area contributed by atoms with Gasteiger partial charge in [0.25, 0.3) is 0 Å². The highest BCUT2D eigenvalue weighted by Crippen LogP contribution is 2.16. The predicted octanol–water partition coefficient (Wildman–Crippen LogP) is 1.60. The molecule has 1 heterocycles. The Kier molecular flexibility index (Phi) is 4.24. The van der Waals surface area contributed by atoms with Crippen LogP contribution in [0.25, 0.3) is 0 Å². The molecule has 0 amide bonds. The summed E-state index contributed by atoms with van der Waals surface area (Å²) >= 11 is 0. The molecule has 0 spiro atoms. The van der Waals surface area contributed by atoms with E-state index >= 15 is 0 Å². The highest BCUT2D eigenvalue weighted by Gasteiger charge is 2.15. The highest BCUT2D eigenvalue weighted by atomic mass is 16.4. The standard InChI is InChI=1S/C11H16N2O2/c1-8(2)13-10(6-11(14)15)9-4-3-5-12-7-9/h3-5,7-8,10,13H,6H2,1-2H3,(H,14,15). The van der Waals surface area contributed by atoms with Crippen LogP contribution in [0.15, 0.2) is 24.5 Å². The van der Waals surface area contributed by atoms with Crippen LogP contribution in [0.4, 0.5) is 0 Å². The third kappa shape index (κ3) is 4.08. The van der Waals surface area contributed by atoms with Gasteiger partial charge < -0.3 is 10.4 Å². The number of nitrogens with zero attached hydrogens (tertiary/aromatic N) is 1. The van der Waals surface area contributed by atoms with E-state index < -0.39 is 5.97 Å². The average molecular weight is 208 g/mol. The molecule has 0 radical (unpaired) electrons. The molecule has 4 heteroatoms. The number of aromatic nitrogens is 1. The molecule has 0 saturated heterocycles. The summed E-state index contributed by atoms with van der Waals surface area (Å²) < 4.78 is 0. The van der Waals surface area contributed by atoms with Crippen molar-refractivity contribution in [1.29, 1.82) is 0 Å². The molecule has 0 bridgehead atoms. The third-order valence-electron chi connectivity index (χ3n) is 2.00. The van der Waals surface area contributed by atoms with Crippen molar-refractivity contribution < 1.29 is 9.90 Å². The summed E-state index contributed by atoms with van der Waals surface area (Å²) in [5, 5.41) is 12.0. The van der Waals surface area contributed by atoms with Gasteiger partial charge in [0.05, 0.1) is 6.42 Å². The maximum atomic E-state index is 10.7. The maximum absolute atomic E-state index is 10.7. The lowest BCUT2D eigenvalue weighted by molar-refractivity contribution is -0.137. The largest absolute Gasteiger partial charge is 0.481 e. The van der Waals surface area contributed by atoms with Crippen LogP contribution < -0.4 is 5.32 Å². The molecule has 15 heavy (non-hydrogen) atoms. The molecule has 1 atom stereocenters. The van der Waals surface area contributed by atoms with Gasteiger partial charge in [0.2, 0.25) is 0 Å². The third-order valence-corrected chi connectivity index (χ3v) is 2.00. The van der Waals surface area contributed by atoms with E-state index in [0.29, 0.717) is 0 Å². The lowest BCUT2D eigenvalue weighted by atomic mass is 10.1. The van der Waals surface area contributed by atoms with Crippen molar-refractivity contribution in [2.75, 3.05) is 0 Å². The molecule has 0 aromatic carbocycles. The number of aliphatic carboxylic acids is 1. The van der Waals surface area contributed by atoms with Gasteiger partial charge in [-0.1, -0.05) is 19.9 Å². The van der Waals surface area contributed by atoms with Crippen LogP contribution in [0.3, 0.4) is 0 Å². The second-order valence-electron chi connectivity index (χ2n) is 3.76. The van der Waals surface area contributed by atoms with Gasteiger partial charge in [-0.05, 0) is 11.6 Å². The molecule has 4 nitrogen and oxygen atoms in total. The summed E-state index contributed by atoms with van der Waals surface area (Å²) in [5.41, 5.74) is 0.911. The van der Waals surface area contributed by atoms with Crippen molar-refractivity contribution in [2.24, 2.45) is 0 Å². The van der Waals surface area contributed by atoms with Crippen LogP contribution in [0.5, 0.6) is 0 Å². The maximum Gasteiger partial charge on any atom is 0.305 e. The Bertz CT molecular complexity index is 312. The molecule has 1 unspecified atom stereocenters. The van der Waals surface area contributed by atoms with Crippen molar-refractivity contribution in [1.82, 2.24) is 10.3 Å². The molecule has 0 aliphatic rings. The first-order valence-corrected chi connectivity index (χ1v) is 4.97. The van der Waals surface area contributed by atoms with E-state index in [1.807, 2.05) is 26.0 Å². The molecule has 1 aromatic heterocycles. The number of pyridine rings is 1. The second kappa shape index (κ2) is 5.46. The number of carbonyl (C=O) groups is 1. The van der Waals surface area contributed by atoms with Crippen molar-refractivity contribution in [3.05, 3.63) is 30.1 Å². The molecule has 0 fully saturated rings. The Labute approximate surface area is 89.3 Å². The molecular formula is C11H16N2O2. The summed E-state index contributed by atoms with van der Waals surface area (Å²) in [7, 11) is 0. The number of hydrogen-bond acceptors (Lipinski definition) is 3. The van der Waals surface area contributed by atoms with E-state index in [9.17, 15) is 4.79 Å². The second-order valence-corrected chi connectivity index (χ2v) is 3.76. The zero-order valence-electron chi connectivity index (χ0n) is 8.97. The lowest BCUT2D eigenvalue weighted by Gasteiger charge is -2.19. The van der Waals surface area contributed by atoms with Crippen molar-refractivity contribution >= 4 is 5.97 Å². The minimum atomic E-state index is -0.808. The first-order valence-electron chi connectivity index (χ1n) is 4.97. The van der Waals surface area contributed by atoms with Crippen LogP contribution in [-0.4, -0.2) is 22.1 Å². The quantitative estimate of drug-likeness (QED) is 0.771. The minimum absolute atomic E-state index is 0.0733. The number of rotatable bonds is 5. The van der Waals surface area contributed by atoms with Gasteiger partial charge in [-0.3, -0.25) is 9.78 Å². The summed E-state index contributed by atoms with van der Waals surface area (Å²) in [6.07, 6.45) is 3.45. The fraction of sp³-hybridized carbons (Fsp3) is 0.455. The molecule has 0 aliphatic carbocycles. The number of nitrogens with one attached hydrogen (secondary N) is 1. The zero-order valence-corrected chi connectivity index (χ0v) is 8.97. The normalized spacial score (nSPS) is 12.7. The highest BCUT2D eigenvalue weighted by molar-refractivity contribution is 5.67. The van der Waals surface area contributed by atoms with Crippen LogP contribution >= 0.6 is 0 Å². The lowest BCUT2D eigenvalue weighted by Crippen LogP contribution is -2.29. The fourth-order valence-corrected chi connectivity index (χ4v) is 1.43. The van der Waals surface area contributed by atoms with Crippen molar-refractivity contribution in [2.45, 2.75) is 32.4 Å². The summed E-state index contributed by atoms with van der Waals surface area (Å²) in [5.74, 6) is -0.808. The van der Waals surface area contributed by atoms with Gasteiger partial charge in [0.15, 0.2) is 0 Å². The van der Waals surface area contributed by atoms with E-state index in [2.05, 4.69) is 10.3 Å². The Morgan fingerprint density at radius 3 is 2.80 bits per heavy atom. The Morgan fingerprint density at radius 1 is 1.60 bits per heavy atom. The van der Waals surface area contributed by atoms with Gasteiger partial charge in [-0.15, -0.1) is 0 Å². The average Bonchev–Trinajstić information content (AvgIpc) is 2.17. The predicted molar refractivity (Wildman–Crippen MR) is 57.5 cm³/mol. The van der Waals surface area contributed by atoms with E-state index in [1.165, 1.54) is 0 Å². The minimum Gasteiger partial charge on any atom is -0.481 e. The molecule has 0 aliphatic heterocycles. The topological polar surface area (TPSA) is 62.2 Å². The van der Waals surface area contributed by atoms with Gasteiger partial charge >= 0.3 is 5.97 Å². The van der Waals surface area contributed by atoms with E-state index in [4.69, 9.17) is 5.11 Å². The van der Waals surface area contributed by atoms with E-state index in [-0.39, 0.29) is 18.5 Å². The Hall–Kier alpha value is -1.42. The Morgan fingerprint density at radius 2 is 2.33 bits per heavy atom. The van der Waals surface area contributed by atoms with Gasteiger partial charge in [-0.25, -0.2) is 0 Å². The first kappa shape index (κ1) is 11.7. The first-order chi connectivity index (χ1) is 7.09. The van der Waals surface area contributed by atoms with E-state index in [0.717, 1.165) is 5.56 Å². The zero-order chi connectivity index (χ0) is 11.3. The number of hydrogen-bond donors (Lipinski definition) is 2. The smallest absolute Gasteiger partial charge is 0.305 e. The molecular weight excluding hydrogens is 192 g/mol. The van der Waals surface area contributed by atoms with E-state index in [1.54, 1.807) is 12.4 Å². The molecule has 1 aromatic rings. The molecule has 0 saturated carbocycles. The van der Waals surface area contributed by atoms with Crippen molar-refractivity contribution in [3.63, 3.8) is 0 Å². The van der Waals surface area contributed by atoms with Gasteiger partial charge in [0.1, 0.15) is 0 Å². The SMILES string of the molecule is CC(C)NC(CC(=O)O)c1cccnc1.